The van der Waals surface area contributed by atoms with Gasteiger partial charge in [0.15, 0.2) is 0 Å². The van der Waals surface area contributed by atoms with E-state index in [2.05, 4.69) is 40.3 Å². The van der Waals surface area contributed by atoms with Crippen molar-refractivity contribution in [2.75, 3.05) is 0 Å². The number of carbonyl (C=O) groups is 1. The Morgan fingerprint density at radius 2 is 1.75 bits per heavy atom. The number of hydrogen-bond donors (Lipinski definition) is 1. The molecule has 0 heterocycles. The average Bonchev–Trinajstić information content (AvgIpc) is 2.45. The third-order valence-electron chi connectivity index (χ3n) is 6.36. The second-order valence-electron chi connectivity index (χ2n) is 9.16. The fourth-order valence-corrected chi connectivity index (χ4v) is 6.80. The molecule has 0 aliphatic heterocycles. The molecule has 4 saturated carbocycles. The molecule has 1 amide bonds. The standard InChI is InChI=1S/C20H25BrN2O/c1-18-7-15-8-19(2,11-18)13-20(9-15,12-18)17(24)23-22-10-14-3-5-16(21)6-4-14/h3-6,10,15H,7-9,11-13H2,1-2H3,(H,23,24)/b22-10+. The van der Waals surface area contributed by atoms with E-state index in [0.717, 1.165) is 35.2 Å². The van der Waals surface area contributed by atoms with Gasteiger partial charge in [-0.3, -0.25) is 4.79 Å². The molecule has 4 bridgehead atoms. The number of rotatable bonds is 3. The topological polar surface area (TPSA) is 41.5 Å². The molecule has 4 fully saturated rings. The highest BCUT2D eigenvalue weighted by Crippen LogP contribution is 2.69. The van der Waals surface area contributed by atoms with E-state index in [9.17, 15) is 4.79 Å². The fourth-order valence-electron chi connectivity index (χ4n) is 6.53. The first-order chi connectivity index (χ1) is 11.3. The smallest absolute Gasteiger partial charge is 0.246 e. The largest absolute Gasteiger partial charge is 0.273 e. The van der Waals surface area contributed by atoms with Crippen molar-refractivity contribution in [3.63, 3.8) is 0 Å². The Kier molecular flexibility index (Phi) is 3.68. The zero-order chi connectivity index (χ0) is 17.0. The van der Waals surface area contributed by atoms with Gasteiger partial charge < -0.3 is 0 Å². The lowest BCUT2D eigenvalue weighted by molar-refractivity contribution is -0.170. The maximum Gasteiger partial charge on any atom is 0.246 e. The molecule has 0 aromatic heterocycles. The first-order valence-corrected chi connectivity index (χ1v) is 9.68. The van der Waals surface area contributed by atoms with Crippen LogP contribution in [0.4, 0.5) is 0 Å². The molecule has 4 heteroatoms. The van der Waals surface area contributed by atoms with Gasteiger partial charge in [-0.15, -0.1) is 0 Å². The van der Waals surface area contributed by atoms with Crippen LogP contribution in [0.2, 0.25) is 0 Å². The first kappa shape index (κ1) is 16.3. The minimum atomic E-state index is -0.194. The van der Waals surface area contributed by atoms with E-state index >= 15 is 0 Å². The van der Waals surface area contributed by atoms with Gasteiger partial charge in [0, 0.05) is 4.47 Å². The van der Waals surface area contributed by atoms with Crippen molar-refractivity contribution in [2.45, 2.75) is 52.4 Å². The van der Waals surface area contributed by atoms with Crippen molar-refractivity contribution in [3.8, 4) is 0 Å². The van der Waals surface area contributed by atoms with Crippen molar-refractivity contribution in [2.24, 2.45) is 27.3 Å². The predicted molar refractivity (Wildman–Crippen MR) is 99.7 cm³/mol. The number of nitrogens with zero attached hydrogens (tertiary/aromatic N) is 1. The SMILES string of the molecule is CC12CC3CC(C)(C1)CC(C(=O)N/N=C/c1ccc(Br)cc1)(C3)C2. The molecule has 2 atom stereocenters. The Morgan fingerprint density at radius 3 is 2.33 bits per heavy atom. The van der Waals surface area contributed by atoms with Crippen LogP contribution >= 0.6 is 15.9 Å². The zero-order valence-electron chi connectivity index (χ0n) is 14.4. The monoisotopic (exact) mass is 388 g/mol. The molecular weight excluding hydrogens is 364 g/mol. The maximum absolute atomic E-state index is 13.0. The summed E-state index contributed by atoms with van der Waals surface area (Å²) >= 11 is 3.42. The van der Waals surface area contributed by atoms with Gasteiger partial charge in [0.1, 0.15) is 0 Å². The highest BCUT2D eigenvalue weighted by atomic mass is 79.9. The van der Waals surface area contributed by atoms with Gasteiger partial charge >= 0.3 is 0 Å². The summed E-state index contributed by atoms with van der Waals surface area (Å²) < 4.78 is 1.04. The number of carbonyl (C=O) groups excluding carboxylic acids is 1. The first-order valence-electron chi connectivity index (χ1n) is 8.89. The summed E-state index contributed by atoms with van der Waals surface area (Å²) in [6.07, 6.45) is 8.75. The number of nitrogens with one attached hydrogen (secondary N) is 1. The summed E-state index contributed by atoms with van der Waals surface area (Å²) in [6.45, 7) is 4.78. The molecule has 5 rings (SSSR count). The van der Waals surface area contributed by atoms with Crippen LogP contribution in [0, 0.1) is 22.2 Å². The predicted octanol–water partition coefficient (Wildman–Crippen LogP) is 4.90. The summed E-state index contributed by atoms with van der Waals surface area (Å²) in [6, 6.07) is 7.91. The van der Waals surface area contributed by atoms with E-state index < -0.39 is 0 Å². The van der Waals surface area contributed by atoms with Gasteiger partial charge in [0.25, 0.3) is 0 Å². The molecule has 2 unspecified atom stereocenters. The maximum atomic E-state index is 13.0. The van der Waals surface area contributed by atoms with Gasteiger partial charge in [-0.1, -0.05) is 41.9 Å². The highest BCUT2D eigenvalue weighted by Gasteiger charge is 2.62. The number of benzene rings is 1. The molecule has 1 aromatic rings. The van der Waals surface area contributed by atoms with Gasteiger partial charge in [-0.25, -0.2) is 5.43 Å². The Balaban J connectivity index is 1.49. The van der Waals surface area contributed by atoms with E-state index in [-0.39, 0.29) is 11.3 Å². The quantitative estimate of drug-likeness (QED) is 0.580. The molecule has 24 heavy (non-hydrogen) atoms. The number of halogens is 1. The third kappa shape index (κ3) is 2.83. The van der Waals surface area contributed by atoms with Gasteiger partial charge in [0.2, 0.25) is 5.91 Å². The van der Waals surface area contributed by atoms with Crippen LogP contribution in [0.3, 0.4) is 0 Å². The summed E-state index contributed by atoms with van der Waals surface area (Å²) in [5, 5.41) is 4.23. The van der Waals surface area contributed by atoms with E-state index in [4.69, 9.17) is 0 Å². The second-order valence-corrected chi connectivity index (χ2v) is 10.1. The normalized spacial score (nSPS) is 40.2. The summed E-state index contributed by atoms with van der Waals surface area (Å²) in [5.41, 5.74) is 4.35. The van der Waals surface area contributed by atoms with Crippen LogP contribution in [0.5, 0.6) is 0 Å². The van der Waals surface area contributed by atoms with Crippen molar-refractivity contribution in [1.82, 2.24) is 5.43 Å². The van der Waals surface area contributed by atoms with Crippen LogP contribution < -0.4 is 5.43 Å². The Hall–Kier alpha value is -1.16. The summed E-state index contributed by atoms with van der Waals surface area (Å²) in [7, 11) is 0. The molecule has 1 aromatic carbocycles. The molecular formula is C20H25BrN2O. The number of hydrogen-bond acceptors (Lipinski definition) is 2. The molecule has 0 spiro atoms. The van der Waals surface area contributed by atoms with E-state index in [1.165, 1.54) is 19.3 Å². The van der Waals surface area contributed by atoms with Crippen molar-refractivity contribution in [1.29, 1.82) is 0 Å². The van der Waals surface area contributed by atoms with Crippen molar-refractivity contribution >= 4 is 28.1 Å². The lowest BCUT2D eigenvalue weighted by atomic mass is 9.40. The van der Waals surface area contributed by atoms with Crippen LogP contribution in [-0.4, -0.2) is 12.1 Å². The Morgan fingerprint density at radius 1 is 1.12 bits per heavy atom. The third-order valence-corrected chi connectivity index (χ3v) is 6.89. The van der Waals surface area contributed by atoms with Crippen LogP contribution in [0.1, 0.15) is 57.9 Å². The average molecular weight is 389 g/mol. The highest BCUT2D eigenvalue weighted by molar-refractivity contribution is 9.10. The van der Waals surface area contributed by atoms with Crippen molar-refractivity contribution in [3.05, 3.63) is 34.3 Å². The number of amides is 1. The number of hydrazone groups is 1. The summed E-state index contributed by atoms with van der Waals surface area (Å²) in [4.78, 5) is 13.0. The molecule has 0 saturated heterocycles. The minimum absolute atomic E-state index is 0.136. The second kappa shape index (κ2) is 5.42. The summed E-state index contributed by atoms with van der Waals surface area (Å²) in [5.74, 6) is 0.856. The molecule has 128 valence electrons. The fraction of sp³-hybridized carbons (Fsp3) is 0.600. The molecule has 3 nitrogen and oxygen atoms in total. The van der Waals surface area contributed by atoms with Gasteiger partial charge in [-0.2, -0.15) is 5.10 Å². The minimum Gasteiger partial charge on any atom is -0.273 e. The van der Waals surface area contributed by atoms with Crippen LogP contribution in [-0.2, 0) is 4.79 Å². The van der Waals surface area contributed by atoms with E-state index in [1.807, 2.05) is 24.3 Å². The lowest BCUT2D eigenvalue weighted by Gasteiger charge is -2.64. The van der Waals surface area contributed by atoms with Gasteiger partial charge in [0.05, 0.1) is 11.6 Å². The lowest BCUT2D eigenvalue weighted by Crippen LogP contribution is -2.59. The van der Waals surface area contributed by atoms with E-state index in [1.54, 1.807) is 6.21 Å². The van der Waals surface area contributed by atoms with Crippen LogP contribution in [0.25, 0.3) is 0 Å². The Labute approximate surface area is 152 Å². The van der Waals surface area contributed by atoms with Crippen molar-refractivity contribution < 1.29 is 4.79 Å². The van der Waals surface area contributed by atoms with Gasteiger partial charge in [-0.05, 0) is 73.0 Å². The molecule has 4 aliphatic rings. The zero-order valence-corrected chi connectivity index (χ0v) is 16.0. The van der Waals surface area contributed by atoms with E-state index in [0.29, 0.717) is 10.8 Å². The Bertz CT molecular complexity index is 678. The molecule has 0 radical (unpaired) electrons. The van der Waals surface area contributed by atoms with Crippen LogP contribution in [0.15, 0.2) is 33.8 Å². The molecule has 4 aliphatic carbocycles. The molecule has 1 N–H and O–H groups in total.